The molecular weight excluding hydrogens is 241 g/mol. The van der Waals surface area contributed by atoms with E-state index < -0.39 is 6.18 Å². The molecule has 0 aliphatic rings. The molecule has 1 heterocycles. The first-order valence-electron chi connectivity index (χ1n) is 5.66. The SMILES string of the molecule is C/C=C\C(F)(F)F.CC(C)Cc1cccnc1N. The van der Waals surface area contributed by atoms with E-state index >= 15 is 0 Å². The number of nitrogen functional groups attached to an aromatic ring is 1. The van der Waals surface area contributed by atoms with E-state index in [1.165, 1.54) is 6.92 Å². The van der Waals surface area contributed by atoms with E-state index in [2.05, 4.69) is 18.8 Å². The van der Waals surface area contributed by atoms with Crippen LogP contribution in [0.1, 0.15) is 26.3 Å². The minimum atomic E-state index is -4.13. The Morgan fingerprint density at radius 2 is 2.00 bits per heavy atom. The number of anilines is 1. The minimum Gasteiger partial charge on any atom is -0.383 e. The molecule has 0 aromatic carbocycles. The molecule has 1 rings (SSSR count). The van der Waals surface area contributed by atoms with Gasteiger partial charge in [-0.3, -0.25) is 0 Å². The van der Waals surface area contributed by atoms with Gasteiger partial charge in [-0.1, -0.05) is 26.0 Å². The summed E-state index contributed by atoms with van der Waals surface area (Å²) < 4.78 is 32.9. The number of rotatable bonds is 2. The van der Waals surface area contributed by atoms with Crippen LogP contribution in [0.25, 0.3) is 0 Å². The summed E-state index contributed by atoms with van der Waals surface area (Å²) in [5.74, 6) is 1.31. The lowest BCUT2D eigenvalue weighted by molar-refractivity contribution is -0.0799. The molecule has 18 heavy (non-hydrogen) atoms. The summed E-state index contributed by atoms with van der Waals surface area (Å²) in [6.07, 6.45) is -0.249. The van der Waals surface area contributed by atoms with Crippen LogP contribution < -0.4 is 5.73 Å². The molecule has 1 aromatic heterocycles. The van der Waals surface area contributed by atoms with Crippen molar-refractivity contribution in [3.8, 4) is 0 Å². The first kappa shape index (κ1) is 16.5. The average molecular weight is 260 g/mol. The van der Waals surface area contributed by atoms with E-state index in [0.29, 0.717) is 11.7 Å². The monoisotopic (exact) mass is 260 g/mol. The lowest BCUT2D eigenvalue weighted by Crippen LogP contribution is -2.00. The summed E-state index contributed by atoms with van der Waals surface area (Å²) in [5.41, 5.74) is 6.81. The quantitative estimate of drug-likeness (QED) is 0.817. The van der Waals surface area contributed by atoms with Crippen molar-refractivity contribution < 1.29 is 13.2 Å². The molecule has 0 atom stereocenters. The predicted molar refractivity (Wildman–Crippen MR) is 68.1 cm³/mol. The number of alkyl halides is 3. The molecule has 0 fully saturated rings. The Bertz CT molecular complexity index is 371. The maximum atomic E-state index is 11.0. The van der Waals surface area contributed by atoms with Crippen LogP contribution in [0.2, 0.25) is 0 Å². The summed E-state index contributed by atoms with van der Waals surface area (Å²) in [5, 5.41) is 0. The van der Waals surface area contributed by atoms with E-state index in [9.17, 15) is 13.2 Å². The topological polar surface area (TPSA) is 38.9 Å². The zero-order chi connectivity index (χ0) is 14.2. The maximum absolute atomic E-state index is 11.0. The van der Waals surface area contributed by atoms with Crippen LogP contribution in [0.3, 0.4) is 0 Å². The Morgan fingerprint density at radius 3 is 2.33 bits per heavy atom. The number of nitrogens with two attached hydrogens (primary N) is 1. The van der Waals surface area contributed by atoms with Crippen LogP contribution in [0.5, 0.6) is 0 Å². The van der Waals surface area contributed by atoms with Gasteiger partial charge >= 0.3 is 6.18 Å². The third kappa shape index (κ3) is 8.61. The van der Waals surface area contributed by atoms with Gasteiger partial charge in [-0.05, 0) is 30.9 Å². The third-order valence-electron chi connectivity index (χ3n) is 1.91. The number of pyridine rings is 1. The highest BCUT2D eigenvalue weighted by Crippen LogP contribution is 2.15. The van der Waals surface area contributed by atoms with Gasteiger partial charge in [0.05, 0.1) is 0 Å². The van der Waals surface area contributed by atoms with E-state index in [4.69, 9.17) is 5.73 Å². The van der Waals surface area contributed by atoms with Crippen LogP contribution >= 0.6 is 0 Å². The van der Waals surface area contributed by atoms with Gasteiger partial charge in [0.2, 0.25) is 0 Å². The zero-order valence-corrected chi connectivity index (χ0v) is 10.8. The molecule has 1 aromatic rings. The summed E-state index contributed by atoms with van der Waals surface area (Å²) in [4.78, 5) is 4.01. The van der Waals surface area contributed by atoms with Crippen molar-refractivity contribution in [2.45, 2.75) is 33.4 Å². The summed E-state index contributed by atoms with van der Waals surface area (Å²) in [7, 11) is 0. The van der Waals surface area contributed by atoms with E-state index in [-0.39, 0.29) is 6.08 Å². The largest absolute Gasteiger partial charge is 0.409 e. The number of hydrogen-bond donors (Lipinski definition) is 1. The van der Waals surface area contributed by atoms with E-state index in [1.54, 1.807) is 6.20 Å². The van der Waals surface area contributed by atoms with Crippen LogP contribution in [0.15, 0.2) is 30.5 Å². The fourth-order valence-electron chi connectivity index (χ4n) is 1.25. The normalized spacial score (nSPS) is 11.5. The Kier molecular flexibility index (Phi) is 7.08. The molecule has 0 aliphatic carbocycles. The van der Waals surface area contributed by atoms with Crippen LogP contribution in [0.4, 0.5) is 19.0 Å². The number of hydrogen-bond acceptors (Lipinski definition) is 2. The molecule has 2 N–H and O–H groups in total. The molecule has 0 amide bonds. The second-order valence-electron chi connectivity index (χ2n) is 4.19. The van der Waals surface area contributed by atoms with Crippen molar-refractivity contribution in [2.24, 2.45) is 5.92 Å². The molecule has 0 spiro atoms. The first-order chi connectivity index (χ1) is 8.26. The number of halogens is 3. The van der Waals surface area contributed by atoms with Crippen molar-refractivity contribution in [3.63, 3.8) is 0 Å². The van der Waals surface area contributed by atoms with Crippen molar-refractivity contribution in [1.29, 1.82) is 0 Å². The Labute approximate surface area is 106 Å². The highest BCUT2D eigenvalue weighted by molar-refractivity contribution is 5.38. The molecule has 0 unspecified atom stereocenters. The van der Waals surface area contributed by atoms with Crippen molar-refractivity contribution in [2.75, 3.05) is 5.73 Å². The molecule has 2 nitrogen and oxygen atoms in total. The second kappa shape index (κ2) is 7.74. The summed E-state index contributed by atoms with van der Waals surface area (Å²) >= 11 is 0. The molecule has 102 valence electrons. The van der Waals surface area contributed by atoms with Crippen LogP contribution in [0, 0.1) is 5.92 Å². The van der Waals surface area contributed by atoms with E-state index in [1.807, 2.05) is 12.1 Å². The van der Waals surface area contributed by atoms with Crippen LogP contribution in [-0.2, 0) is 6.42 Å². The van der Waals surface area contributed by atoms with Gasteiger partial charge in [0.15, 0.2) is 0 Å². The van der Waals surface area contributed by atoms with Gasteiger partial charge in [-0.25, -0.2) is 4.98 Å². The summed E-state index contributed by atoms with van der Waals surface area (Å²) in [6, 6.07) is 3.95. The number of aromatic nitrogens is 1. The summed E-state index contributed by atoms with van der Waals surface area (Å²) in [6.45, 7) is 5.67. The molecule has 5 heteroatoms. The average Bonchev–Trinajstić information content (AvgIpc) is 2.20. The fourth-order valence-corrected chi connectivity index (χ4v) is 1.25. The lowest BCUT2D eigenvalue weighted by Gasteiger charge is -2.05. The Morgan fingerprint density at radius 1 is 1.39 bits per heavy atom. The van der Waals surface area contributed by atoms with Gasteiger partial charge in [0.1, 0.15) is 5.82 Å². The Hall–Kier alpha value is -1.52. The van der Waals surface area contributed by atoms with Gasteiger partial charge in [0, 0.05) is 12.3 Å². The standard InChI is InChI=1S/C9H14N2.C4H5F3/c1-7(2)6-8-4-3-5-11-9(8)10;1-2-3-4(5,6)7/h3-5,7H,6H2,1-2H3,(H2,10,11);2-3H,1H3/b;3-2-. The molecule has 0 bridgehead atoms. The number of nitrogens with zero attached hydrogens (tertiary/aromatic N) is 1. The predicted octanol–water partition coefficient (Wildman–Crippen LogP) is 3.99. The first-order valence-corrected chi connectivity index (χ1v) is 5.66. The fraction of sp³-hybridized carbons (Fsp3) is 0.462. The molecular formula is C13H19F3N2. The Balaban J connectivity index is 0.000000360. The van der Waals surface area contributed by atoms with Crippen LogP contribution in [-0.4, -0.2) is 11.2 Å². The van der Waals surface area contributed by atoms with Gasteiger partial charge in [-0.15, -0.1) is 0 Å². The molecule has 0 aliphatic heterocycles. The van der Waals surface area contributed by atoms with Crippen molar-refractivity contribution >= 4 is 5.82 Å². The zero-order valence-electron chi connectivity index (χ0n) is 10.8. The second-order valence-corrected chi connectivity index (χ2v) is 4.19. The molecule has 0 radical (unpaired) electrons. The lowest BCUT2D eigenvalue weighted by atomic mass is 10.0. The van der Waals surface area contributed by atoms with Gasteiger partial charge in [-0.2, -0.15) is 13.2 Å². The van der Waals surface area contributed by atoms with Crippen molar-refractivity contribution in [1.82, 2.24) is 4.98 Å². The van der Waals surface area contributed by atoms with Gasteiger partial charge in [0.25, 0.3) is 0 Å². The minimum absolute atomic E-state index is 0.188. The van der Waals surface area contributed by atoms with Gasteiger partial charge < -0.3 is 5.73 Å². The third-order valence-corrected chi connectivity index (χ3v) is 1.91. The highest BCUT2D eigenvalue weighted by Gasteiger charge is 2.20. The van der Waals surface area contributed by atoms with Crippen molar-refractivity contribution in [3.05, 3.63) is 36.0 Å². The molecule has 0 saturated heterocycles. The smallest absolute Gasteiger partial charge is 0.383 e. The highest BCUT2D eigenvalue weighted by atomic mass is 19.4. The maximum Gasteiger partial charge on any atom is 0.409 e. The molecule has 0 saturated carbocycles. The number of allylic oxidation sites excluding steroid dienone is 2. The van der Waals surface area contributed by atoms with E-state index in [0.717, 1.165) is 18.1 Å².